The van der Waals surface area contributed by atoms with Gasteiger partial charge in [0, 0.05) is 28.3 Å². The number of fused-ring (bicyclic) bond motifs is 2. The van der Waals surface area contributed by atoms with Gasteiger partial charge < -0.3 is 9.84 Å². The number of rotatable bonds is 3. The lowest BCUT2D eigenvalue weighted by atomic mass is 9.81. The Kier molecular flexibility index (Phi) is 3.72. The first kappa shape index (κ1) is 13.3. The summed E-state index contributed by atoms with van der Waals surface area (Å²) < 4.78 is 5.36. The van der Waals surface area contributed by atoms with E-state index in [1.54, 1.807) is 6.20 Å². The van der Waals surface area contributed by atoms with Crippen LogP contribution in [0.5, 0.6) is 5.88 Å². The molecule has 0 aliphatic carbocycles. The maximum atomic E-state index is 11.0. The Morgan fingerprint density at radius 3 is 2.68 bits per heavy atom. The van der Waals surface area contributed by atoms with Gasteiger partial charge in [0.25, 0.3) is 0 Å². The summed E-state index contributed by atoms with van der Waals surface area (Å²) in [5, 5.41) is 12.2. The summed E-state index contributed by atoms with van der Waals surface area (Å²) in [6.45, 7) is 2.57. The van der Waals surface area contributed by atoms with Gasteiger partial charge in [0.1, 0.15) is 0 Å². The van der Waals surface area contributed by atoms with Crippen molar-refractivity contribution >= 4 is 11.8 Å². The molecule has 1 aromatic rings. The Bertz CT molecular complexity index is 422. The van der Waals surface area contributed by atoms with Crippen LogP contribution < -0.4 is 4.74 Å². The number of pyridine rings is 1. The topological polar surface area (TPSA) is 42.4 Å². The molecular formula is C15H21NO2S. The summed E-state index contributed by atoms with van der Waals surface area (Å²) >= 11 is 2.08. The van der Waals surface area contributed by atoms with Crippen molar-refractivity contribution in [1.82, 2.24) is 4.98 Å². The van der Waals surface area contributed by atoms with Gasteiger partial charge in [-0.05, 0) is 38.7 Å². The molecule has 1 aromatic heterocycles. The number of hydrogen-bond donors (Lipinski definition) is 1. The number of aliphatic hydroxyl groups is 1. The smallest absolute Gasteiger partial charge is 0.213 e. The van der Waals surface area contributed by atoms with Crippen LogP contribution in [0.4, 0.5) is 0 Å². The maximum Gasteiger partial charge on any atom is 0.213 e. The van der Waals surface area contributed by atoms with E-state index in [0.717, 1.165) is 18.4 Å². The van der Waals surface area contributed by atoms with E-state index < -0.39 is 5.60 Å². The minimum absolute atomic E-state index is 0.615. The normalized spacial score (nSPS) is 34.0. The van der Waals surface area contributed by atoms with Crippen LogP contribution in [0, 0.1) is 0 Å². The molecule has 2 bridgehead atoms. The van der Waals surface area contributed by atoms with Gasteiger partial charge in [-0.1, -0.05) is 6.42 Å². The summed E-state index contributed by atoms with van der Waals surface area (Å²) in [6.07, 6.45) is 7.33. The highest BCUT2D eigenvalue weighted by Gasteiger charge is 2.42. The third kappa shape index (κ3) is 2.75. The minimum Gasteiger partial charge on any atom is -0.478 e. The molecule has 0 saturated carbocycles. The summed E-state index contributed by atoms with van der Waals surface area (Å²) in [7, 11) is 0. The molecule has 0 spiro atoms. The van der Waals surface area contributed by atoms with Gasteiger partial charge in [-0.3, -0.25) is 0 Å². The number of ether oxygens (including phenoxy) is 1. The summed E-state index contributed by atoms with van der Waals surface area (Å²) in [6, 6.07) is 3.85. The molecule has 0 amide bonds. The van der Waals surface area contributed by atoms with Crippen LogP contribution in [0.25, 0.3) is 0 Å². The van der Waals surface area contributed by atoms with Crippen molar-refractivity contribution in [2.45, 2.75) is 55.1 Å². The highest BCUT2D eigenvalue weighted by Crippen LogP contribution is 2.49. The molecule has 2 aliphatic heterocycles. The lowest BCUT2D eigenvalue weighted by molar-refractivity contribution is 0.00775. The Balaban J connectivity index is 1.79. The first-order valence-corrected chi connectivity index (χ1v) is 8.11. The van der Waals surface area contributed by atoms with Crippen molar-refractivity contribution in [3.8, 4) is 5.88 Å². The molecule has 0 aromatic carbocycles. The number of hydrogen-bond acceptors (Lipinski definition) is 4. The third-order valence-corrected chi connectivity index (χ3v) is 5.71. The largest absolute Gasteiger partial charge is 0.478 e. The summed E-state index contributed by atoms with van der Waals surface area (Å²) in [5.74, 6) is 0.639. The van der Waals surface area contributed by atoms with Gasteiger partial charge >= 0.3 is 0 Å². The quantitative estimate of drug-likeness (QED) is 0.923. The Hall–Kier alpha value is -0.740. The predicted octanol–water partition coefficient (Wildman–Crippen LogP) is 3.12. The first-order valence-electron chi connectivity index (χ1n) is 7.17. The van der Waals surface area contributed by atoms with Crippen molar-refractivity contribution in [2.75, 3.05) is 6.61 Å². The van der Waals surface area contributed by atoms with Gasteiger partial charge in [-0.2, -0.15) is 11.8 Å². The van der Waals surface area contributed by atoms with E-state index in [-0.39, 0.29) is 0 Å². The molecule has 4 heteroatoms. The van der Waals surface area contributed by atoms with E-state index in [0.29, 0.717) is 23.0 Å². The lowest BCUT2D eigenvalue weighted by Crippen LogP contribution is -2.40. The summed E-state index contributed by atoms with van der Waals surface area (Å²) in [5.41, 5.74) is 0.270. The molecule has 19 heavy (non-hydrogen) atoms. The highest BCUT2D eigenvalue weighted by atomic mass is 32.2. The van der Waals surface area contributed by atoms with Crippen molar-refractivity contribution in [2.24, 2.45) is 0 Å². The first-order chi connectivity index (χ1) is 9.19. The van der Waals surface area contributed by atoms with Crippen molar-refractivity contribution < 1.29 is 9.84 Å². The molecule has 2 saturated heterocycles. The summed E-state index contributed by atoms with van der Waals surface area (Å²) in [4.78, 5) is 4.29. The van der Waals surface area contributed by atoms with Gasteiger partial charge in [0.2, 0.25) is 5.88 Å². The molecule has 3 rings (SSSR count). The molecule has 2 aliphatic rings. The van der Waals surface area contributed by atoms with Gasteiger partial charge in [0.15, 0.2) is 0 Å². The van der Waals surface area contributed by atoms with Crippen LogP contribution in [-0.2, 0) is 5.60 Å². The molecule has 3 heterocycles. The molecule has 1 N–H and O–H groups in total. The monoisotopic (exact) mass is 279 g/mol. The molecule has 2 atom stereocenters. The second-order valence-corrected chi connectivity index (χ2v) is 7.17. The fraction of sp³-hybridized carbons (Fsp3) is 0.667. The van der Waals surface area contributed by atoms with E-state index in [4.69, 9.17) is 4.74 Å². The SMILES string of the molecule is CCOc1ccc(C2(O)CC3CCCC(C2)S3)cn1. The average Bonchev–Trinajstić information content (AvgIpc) is 2.39. The van der Waals surface area contributed by atoms with Gasteiger partial charge in [-0.15, -0.1) is 0 Å². The minimum atomic E-state index is -0.682. The van der Waals surface area contributed by atoms with Crippen LogP contribution in [0.1, 0.15) is 44.6 Å². The standard InChI is InChI=1S/C15H21NO2S/c1-2-18-14-7-6-11(10-16-14)15(17)8-12-4-3-5-13(9-15)19-12/h6-7,10,12-13,17H,2-5,8-9H2,1H3. The average molecular weight is 279 g/mol. The predicted molar refractivity (Wildman–Crippen MR) is 77.6 cm³/mol. The Morgan fingerprint density at radius 1 is 1.37 bits per heavy atom. The zero-order valence-electron chi connectivity index (χ0n) is 11.3. The fourth-order valence-corrected chi connectivity index (χ4v) is 5.14. The molecule has 104 valence electrons. The highest BCUT2D eigenvalue weighted by molar-refractivity contribution is 8.00. The Morgan fingerprint density at radius 2 is 2.11 bits per heavy atom. The molecule has 2 fully saturated rings. The number of nitrogens with zero attached hydrogens (tertiary/aromatic N) is 1. The van der Waals surface area contributed by atoms with Crippen LogP contribution in [0.15, 0.2) is 18.3 Å². The van der Waals surface area contributed by atoms with Crippen LogP contribution in [0.3, 0.4) is 0 Å². The van der Waals surface area contributed by atoms with Crippen LogP contribution in [0.2, 0.25) is 0 Å². The third-order valence-electron chi connectivity index (χ3n) is 4.13. The number of aromatic nitrogens is 1. The number of thioether (sulfide) groups is 1. The second kappa shape index (κ2) is 5.33. The van der Waals surface area contributed by atoms with Crippen LogP contribution in [-0.4, -0.2) is 27.2 Å². The molecular weight excluding hydrogens is 258 g/mol. The second-order valence-electron chi connectivity index (χ2n) is 5.57. The van der Waals surface area contributed by atoms with E-state index in [1.165, 1.54) is 19.3 Å². The molecule has 0 radical (unpaired) electrons. The molecule has 3 nitrogen and oxygen atoms in total. The van der Waals surface area contributed by atoms with Gasteiger partial charge in [0.05, 0.1) is 12.2 Å². The van der Waals surface area contributed by atoms with E-state index >= 15 is 0 Å². The van der Waals surface area contributed by atoms with Crippen molar-refractivity contribution in [3.05, 3.63) is 23.9 Å². The molecule has 2 unspecified atom stereocenters. The van der Waals surface area contributed by atoms with E-state index in [9.17, 15) is 5.11 Å². The van der Waals surface area contributed by atoms with Crippen LogP contribution >= 0.6 is 11.8 Å². The Labute approximate surface area is 118 Å². The fourth-order valence-electron chi connectivity index (χ4n) is 3.24. The zero-order chi connectivity index (χ0) is 13.3. The maximum absolute atomic E-state index is 11.0. The zero-order valence-corrected chi connectivity index (χ0v) is 12.2. The van der Waals surface area contributed by atoms with Gasteiger partial charge in [-0.25, -0.2) is 4.98 Å². The van der Waals surface area contributed by atoms with Crippen molar-refractivity contribution in [1.29, 1.82) is 0 Å². The lowest BCUT2D eigenvalue weighted by Gasteiger charge is -2.44. The van der Waals surface area contributed by atoms with Crippen molar-refractivity contribution in [3.63, 3.8) is 0 Å². The van der Waals surface area contributed by atoms with E-state index in [2.05, 4.69) is 16.7 Å². The van der Waals surface area contributed by atoms with E-state index in [1.807, 2.05) is 19.1 Å².